The van der Waals surface area contributed by atoms with E-state index in [1.165, 1.54) is 12.8 Å². The number of carbonyl (C=O) groups excluding carboxylic acids is 1. The Kier molecular flexibility index (Phi) is 8.42. The van der Waals surface area contributed by atoms with Gasteiger partial charge in [0.05, 0.1) is 6.42 Å². The summed E-state index contributed by atoms with van der Waals surface area (Å²) < 4.78 is 0. The molecule has 1 unspecified atom stereocenters. The predicted octanol–water partition coefficient (Wildman–Crippen LogP) is 3.46. The number of benzene rings is 1. The van der Waals surface area contributed by atoms with Crippen LogP contribution in [0.5, 0.6) is 0 Å². The van der Waals surface area contributed by atoms with Gasteiger partial charge >= 0.3 is 0 Å². The highest BCUT2D eigenvalue weighted by Gasteiger charge is 2.14. The first kappa shape index (κ1) is 18.6. The van der Waals surface area contributed by atoms with E-state index >= 15 is 0 Å². The summed E-state index contributed by atoms with van der Waals surface area (Å²) in [6, 6.07) is 5.29. The highest BCUT2D eigenvalue weighted by atomic mass is 35.5. The molecule has 1 heterocycles. The molecule has 2 rings (SSSR count). The topological polar surface area (TPSA) is 41.1 Å². The zero-order valence-electron chi connectivity index (χ0n) is 11.8. The van der Waals surface area contributed by atoms with E-state index in [9.17, 15) is 4.79 Å². The highest BCUT2D eigenvalue weighted by Crippen LogP contribution is 2.24. The van der Waals surface area contributed by atoms with Crippen LogP contribution < -0.4 is 10.6 Å². The monoisotopic (exact) mass is 350 g/mol. The molecule has 21 heavy (non-hydrogen) atoms. The van der Waals surface area contributed by atoms with Crippen LogP contribution in [0.25, 0.3) is 0 Å². The molecule has 1 aromatic rings. The number of carbonyl (C=O) groups is 1. The van der Waals surface area contributed by atoms with E-state index in [1.807, 2.05) is 0 Å². The molecule has 3 nitrogen and oxygen atoms in total. The van der Waals surface area contributed by atoms with Crippen molar-refractivity contribution in [3.63, 3.8) is 0 Å². The maximum absolute atomic E-state index is 11.9. The fraction of sp³-hybridized carbons (Fsp3) is 0.533. The van der Waals surface area contributed by atoms with E-state index in [2.05, 4.69) is 10.6 Å². The van der Waals surface area contributed by atoms with Crippen molar-refractivity contribution in [1.29, 1.82) is 0 Å². The van der Waals surface area contributed by atoms with Crippen molar-refractivity contribution in [1.82, 2.24) is 10.6 Å². The Morgan fingerprint density at radius 1 is 1.33 bits per heavy atom. The lowest BCUT2D eigenvalue weighted by Crippen LogP contribution is -2.33. The molecule has 0 radical (unpaired) electrons. The minimum atomic E-state index is -0.0243. The molecular formula is C15H21Cl3N2O. The van der Waals surface area contributed by atoms with E-state index in [1.54, 1.807) is 18.2 Å². The number of nitrogens with one attached hydrogen (secondary N) is 2. The zero-order chi connectivity index (χ0) is 14.4. The van der Waals surface area contributed by atoms with Gasteiger partial charge in [0, 0.05) is 16.6 Å². The third-order valence-corrected chi connectivity index (χ3v) is 4.38. The largest absolute Gasteiger partial charge is 0.356 e. The second kappa shape index (κ2) is 9.52. The minimum absolute atomic E-state index is 0. The van der Waals surface area contributed by atoms with Gasteiger partial charge in [0.15, 0.2) is 0 Å². The first-order valence-corrected chi connectivity index (χ1v) is 7.82. The van der Waals surface area contributed by atoms with Crippen molar-refractivity contribution in [3.8, 4) is 0 Å². The molecule has 0 spiro atoms. The summed E-state index contributed by atoms with van der Waals surface area (Å²) in [6.45, 7) is 2.90. The molecule has 1 saturated heterocycles. The maximum Gasteiger partial charge on any atom is 0.224 e. The Labute approximate surface area is 142 Å². The number of amides is 1. The molecule has 1 fully saturated rings. The van der Waals surface area contributed by atoms with Crippen LogP contribution in [-0.2, 0) is 11.2 Å². The molecule has 0 aliphatic carbocycles. The quantitative estimate of drug-likeness (QED) is 0.853. The first-order valence-electron chi connectivity index (χ1n) is 7.07. The normalized spacial score (nSPS) is 17.9. The highest BCUT2D eigenvalue weighted by molar-refractivity contribution is 6.36. The van der Waals surface area contributed by atoms with Crippen molar-refractivity contribution in [2.45, 2.75) is 25.7 Å². The summed E-state index contributed by atoms with van der Waals surface area (Å²) in [5.74, 6) is 0.650. The van der Waals surface area contributed by atoms with Gasteiger partial charge in [-0.1, -0.05) is 29.3 Å². The van der Waals surface area contributed by atoms with E-state index in [-0.39, 0.29) is 24.7 Å². The van der Waals surface area contributed by atoms with E-state index in [0.29, 0.717) is 28.1 Å². The van der Waals surface area contributed by atoms with Crippen LogP contribution in [0, 0.1) is 5.92 Å². The summed E-state index contributed by atoms with van der Waals surface area (Å²) in [7, 11) is 0. The second-order valence-corrected chi connectivity index (χ2v) is 6.04. The summed E-state index contributed by atoms with van der Waals surface area (Å²) in [5.41, 5.74) is 0.702. The summed E-state index contributed by atoms with van der Waals surface area (Å²) in [6.07, 6.45) is 3.74. The lowest BCUT2D eigenvalue weighted by Gasteiger charge is -2.22. The molecule has 1 aliphatic heterocycles. The molecule has 1 atom stereocenters. The van der Waals surface area contributed by atoms with Gasteiger partial charge in [-0.25, -0.2) is 0 Å². The van der Waals surface area contributed by atoms with Gasteiger partial charge in [-0.3, -0.25) is 4.79 Å². The average molecular weight is 352 g/mol. The predicted molar refractivity (Wildman–Crippen MR) is 90.6 cm³/mol. The number of halogens is 3. The van der Waals surface area contributed by atoms with Gasteiger partial charge in [0.1, 0.15) is 0 Å². The van der Waals surface area contributed by atoms with Crippen molar-refractivity contribution in [3.05, 3.63) is 33.8 Å². The van der Waals surface area contributed by atoms with Crippen LogP contribution in [0.3, 0.4) is 0 Å². The number of hydrogen-bond acceptors (Lipinski definition) is 2. The lowest BCUT2D eigenvalue weighted by molar-refractivity contribution is -0.120. The summed E-state index contributed by atoms with van der Waals surface area (Å²) in [5, 5.41) is 7.42. The smallest absolute Gasteiger partial charge is 0.224 e. The van der Waals surface area contributed by atoms with Crippen molar-refractivity contribution in [2.24, 2.45) is 5.92 Å². The van der Waals surface area contributed by atoms with Crippen LogP contribution in [0.4, 0.5) is 0 Å². The van der Waals surface area contributed by atoms with Crippen LogP contribution in [0.1, 0.15) is 24.8 Å². The molecule has 0 bridgehead atoms. The summed E-state index contributed by atoms with van der Waals surface area (Å²) >= 11 is 12.1. The molecule has 0 aromatic heterocycles. The standard InChI is InChI=1S/C15H20Cl2N2O.ClH/c16-13-4-1-5-14(17)12(13)9-15(20)19-8-6-11-3-2-7-18-10-11;/h1,4-5,11,18H,2-3,6-10H2,(H,19,20);1H. The van der Waals surface area contributed by atoms with Gasteiger partial charge in [-0.05, 0) is 56.0 Å². The summed E-state index contributed by atoms with van der Waals surface area (Å²) in [4.78, 5) is 11.9. The van der Waals surface area contributed by atoms with E-state index < -0.39 is 0 Å². The van der Waals surface area contributed by atoms with Crippen molar-refractivity contribution < 1.29 is 4.79 Å². The van der Waals surface area contributed by atoms with Crippen LogP contribution >= 0.6 is 35.6 Å². The molecule has 0 saturated carbocycles. The van der Waals surface area contributed by atoms with Gasteiger partial charge in [0.25, 0.3) is 0 Å². The molecule has 6 heteroatoms. The first-order chi connectivity index (χ1) is 9.66. The second-order valence-electron chi connectivity index (χ2n) is 5.23. The number of hydrogen-bond donors (Lipinski definition) is 2. The Morgan fingerprint density at radius 3 is 2.67 bits per heavy atom. The van der Waals surface area contributed by atoms with Gasteiger partial charge in [-0.15, -0.1) is 12.4 Å². The van der Waals surface area contributed by atoms with Gasteiger partial charge in [0.2, 0.25) is 5.91 Å². The fourth-order valence-corrected chi connectivity index (χ4v) is 3.04. The molecule has 1 aromatic carbocycles. The van der Waals surface area contributed by atoms with Crippen molar-refractivity contribution >= 4 is 41.5 Å². The van der Waals surface area contributed by atoms with E-state index in [4.69, 9.17) is 23.2 Å². The molecule has 118 valence electrons. The van der Waals surface area contributed by atoms with Gasteiger partial charge < -0.3 is 10.6 Å². The molecular weight excluding hydrogens is 331 g/mol. The molecule has 1 amide bonds. The third-order valence-electron chi connectivity index (χ3n) is 3.67. The Hall–Kier alpha value is -0.480. The molecule has 1 aliphatic rings. The Balaban J connectivity index is 0.00000220. The van der Waals surface area contributed by atoms with E-state index in [0.717, 1.165) is 19.5 Å². The van der Waals surface area contributed by atoms with Crippen LogP contribution in [0.2, 0.25) is 10.0 Å². The Morgan fingerprint density at radius 2 is 2.05 bits per heavy atom. The minimum Gasteiger partial charge on any atom is -0.356 e. The fourth-order valence-electron chi connectivity index (χ4n) is 2.51. The Bertz CT molecular complexity index is 442. The SMILES string of the molecule is Cl.O=C(Cc1c(Cl)cccc1Cl)NCCC1CCCNC1. The molecule has 2 N–H and O–H groups in total. The zero-order valence-corrected chi connectivity index (χ0v) is 14.2. The number of piperidine rings is 1. The lowest BCUT2D eigenvalue weighted by atomic mass is 9.96. The maximum atomic E-state index is 11.9. The van der Waals surface area contributed by atoms with Crippen LogP contribution in [-0.4, -0.2) is 25.5 Å². The third kappa shape index (κ3) is 6.03. The van der Waals surface area contributed by atoms with Gasteiger partial charge in [-0.2, -0.15) is 0 Å². The number of rotatable bonds is 5. The van der Waals surface area contributed by atoms with Crippen LogP contribution in [0.15, 0.2) is 18.2 Å². The average Bonchev–Trinajstić information content (AvgIpc) is 2.44. The van der Waals surface area contributed by atoms with Crippen molar-refractivity contribution in [2.75, 3.05) is 19.6 Å².